The van der Waals surface area contributed by atoms with Gasteiger partial charge in [0.2, 0.25) is 0 Å². The fraction of sp³-hybridized carbons (Fsp3) is 0.500. The lowest BCUT2D eigenvalue weighted by Crippen LogP contribution is -2.59. The third kappa shape index (κ3) is 3.90. The number of likely N-dealkylation sites (tertiary alicyclic amines) is 1. The molecule has 2 amide bonds. The maximum absolute atomic E-state index is 13.8. The van der Waals surface area contributed by atoms with Crippen LogP contribution in [-0.4, -0.2) is 73.2 Å². The molecule has 7 heteroatoms. The van der Waals surface area contributed by atoms with Gasteiger partial charge in [-0.05, 0) is 35.8 Å². The Hall–Kier alpha value is -2.22. The van der Waals surface area contributed by atoms with Crippen molar-refractivity contribution >= 4 is 23.2 Å². The van der Waals surface area contributed by atoms with E-state index in [1.807, 2.05) is 39.9 Å². The van der Waals surface area contributed by atoms with Gasteiger partial charge in [-0.15, -0.1) is 0 Å². The van der Waals surface area contributed by atoms with Crippen LogP contribution in [0.2, 0.25) is 0 Å². The lowest BCUT2D eigenvalue weighted by molar-refractivity contribution is -0.160. The van der Waals surface area contributed by atoms with Gasteiger partial charge >= 0.3 is 0 Å². The molecule has 0 saturated carbocycles. The minimum atomic E-state index is -1.02. The van der Waals surface area contributed by atoms with Crippen LogP contribution < -0.4 is 0 Å². The Balaban J connectivity index is 1.44. The Morgan fingerprint density at radius 3 is 2.68 bits per heavy atom. The van der Waals surface area contributed by atoms with Gasteiger partial charge in [0.25, 0.3) is 11.8 Å². The van der Waals surface area contributed by atoms with Crippen molar-refractivity contribution in [1.29, 1.82) is 0 Å². The average Bonchev–Trinajstić information content (AvgIpc) is 3.44. The predicted molar refractivity (Wildman–Crippen MR) is 118 cm³/mol. The Kier molecular flexibility index (Phi) is 5.82. The molecule has 1 aromatic heterocycles. The summed E-state index contributed by atoms with van der Waals surface area (Å²) in [4.78, 5) is 30.7. The number of amides is 2. The number of carbonyl (C=O) groups excluding carboxylic acids is 2. The summed E-state index contributed by atoms with van der Waals surface area (Å²) >= 11 is 1.51. The minimum Gasteiger partial charge on any atom is -0.381 e. The lowest BCUT2D eigenvalue weighted by Gasteiger charge is -2.42. The number of hydrogen-bond donors (Lipinski definition) is 0. The van der Waals surface area contributed by atoms with Crippen LogP contribution in [0, 0.1) is 5.92 Å². The van der Waals surface area contributed by atoms with E-state index < -0.39 is 5.60 Å². The van der Waals surface area contributed by atoms with Crippen LogP contribution in [0.1, 0.15) is 34.7 Å². The molecule has 5 rings (SSSR count). The van der Waals surface area contributed by atoms with Crippen molar-refractivity contribution in [2.24, 2.45) is 5.92 Å². The third-order valence-corrected chi connectivity index (χ3v) is 7.52. The van der Waals surface area contributed by atoms with Crippen LogP contribution in [0.25, 0.3) is 0 Å². The quantitative estimate of drug-likeness (QED) is 0.733. The van der Waals surface area contributed by atoms with Gasteiger partial charge in [-0.1, -0.05) is 30.3 Å². The second-order valence-corrected chi connectivity index (χ2v) is 9.49. The Labute approximate surface area is 186 Å². The Bertz CT molecular complexity index is 913. The highest BCUT2D eigenvalue weighted by molar-refractivity contribution is 7.08. The van der Waals surface area contributed by atoms with Crippen LogP contribution >= 0.6 is 11.3 Å². The van der Waals surface area contributed by atoms with Crippen molar-refractivity contribution < 1.29 is 19.1 Å². The zero-order valence-corrected chi connectivity index (χ0v) is 18.4. The molecular formula is C24H28N2O4S. The molecule has 2 atom stereocenters. The SMILES string of the molecule is O=C(c1ccsc1)N1CCO[C@@]2(C1)C(=O)N(CC1CCOCC1)C[C@H]2c1ccccc1. The Morgan fingerprint density at radius 1 is 1.13 bits per heavy atom. The number of ether oxygens (including phenoxy) is 2. The van der Waals surface area contributed by atoms with Gasteiger partial charge in [0, 0.05) is 44.1 Å². The lowest BCUT2D eigenvalue weighted by atomic mass is 9.83. The van der Waals surface area contributed by atoms with E-state index in [2.05, 4.69) is 12.1 Å². The molecule has 0 bridgehead atoms. The van der Waals surface area contributed by atoms with E-state index in [1.165, 1.54) is 11.3 Å². The summed E-state index contributed by atoms with van der Waals surface area (Å²) in [6, 6.07) is 12.0. The van der Waals surface area contributed by atoms with E-state index in [4.69, 9.17) is 9.47 Å². The topological polar surface area (TPSA) is 59.1 Å². The van der Waals surface area contributed by atoms with Crippen LogP contribution in [0.3, 0.4) is 0 Å². The molecule has 1 spiro atoms. The van der Waals surface area contributed by atoms with Gasteiger partial charge in [0.15, 0.2) is 5.60 Å². The molecule has 1 aromatic carbocycles. The first-order chi connectivity index (χ1) is 15.2. The Morgan fingerprint density at radius 2 is 1.94 bits per heavy atom. The molecule has 0 N–H and O–H groups in total. The predicted octanol–water partition coefficient (Wildman–Crippen LogP) is 3.01. The number of rotatable bonds is 4. The highest BCUT2D eigenvalue weighted by Gasteiger charge is 2.58. The van der Waals surface area contributed by atoms with E-state index >= 15 is 0 Å². The number of carbonyl (C=O) groups is 2. The maximum Gasteiger partial charge on any atom is 0.257 e. The monoisotopic (exact) mass is 440 g/mol. The van der Waals surface area contributed by atoms with Crippen molar-refractivity contribution in [3.8, 4) is 0 Å². The zero-order valence-electron chi connectivity index (χ0n) is 17.6. The van der Waals surface area contributed by atoms with Crippen molar-refractivity contribution in [2.75, 3.05) is 46.0 Å². The molecule has 2 aromatic rings. The van der Waals surface area contributed by atoms with Gasteiger partial charge in [0.05, 0.1) is 18.7 Å². The molecule has 164 valence electrons. The standard InChI is InChI=1S/C24H28N2O4S/c27-22(20-8-13-31-16-20)25-9-12-30-24(17-25)21(19-4-2-1-3-5-19)15-26(23(24)28)14-18-6-10-29-11-7-18/h1-5,8,13,16,18,21H,6-7,9-12,14-15,17H2/t21-,24+/m0/s1. The molecule has 0 radical (unpaired) electrons. The van der Waals surface area contributed by atoms with Gasteiger partial charge < -0.3 is 19.3 Å². The third-order valence-electron chi connectivity index (χ3n) is 6.84. The summed E-state index contributed by atoms with van der Waals surface area (Å²) in [6.45, 7) is 4.06. The molecule has 31 heavy (non-hydrogen) atoms. The van der Waals surface area contributed by atoms with Gasteiger partial charge in [0.1, 0.15) is 0 Å². The van der Waals surface area contributed by atoms with Crippen molar-refractivity contribution in [3.05, 3.63) is 58.3 Å². The van der Waals surface area contributed by atoms with Crippen LogP contribution in [0.15, 0.2) is 47.2 Å². The summed E-state index contributed by atoms with van der Waals surface area (Å²) in [6.07, 6.45) is 1.97. The molecule has 6 nitrogen and oxygen atoms in total. The number of morpholine rings is 1. The normalized spacial score (nSPS) is 27.2. The van der Waals surface area contributed by atoms with Crippen LogP contribution in [-0.2, 0) is 14.3 Å². The summed E-state index contributed by atoms with van der Waals surface area (Å²) in [5, 5.41) is 3.78. The summed E-state index contributed by atoms with van der Waals surface area (Å²) < 4.78 is 11.8. The molecule has 0 unspecified atom stereocenters. The number of thiophene rings is 1. The molecule has 3 aliphatic rings. The van der Waals surface area contributed by atoms with E-state index in [1.54, 1.807) is 4.90 Å². The second-order valence-electron chi connectivity index (χ2n) is 8.71. The molecule has 4 heterocycles. The highest BCUT2D eigenvalue weighted by atomic mass is 32.1. The number of benzene rings is 1. The number of hydrogen-bond acceptors (Lipinski definition) is 5. The van der Waals surface area contributed by atoms with Crippen LogP contribution in [0.4, 0.5) is 0 Å². The van der Waals surface area contributed by atoms with Crippen molar-refractivity contribution in [2.45, 2.75) is 24.4 Å². The summed E-state index contributed by atoms with van der Waals surface area (Å²) in [7, 11) is 0. The molecular weight excluding hydrogens is 412 g/mol. The largest absolute Gasteiger partial charge is 0.381 e. The fourth-order valence-corrected chi connectivity index (χ4v) is 5.78. The zero-order chi connectivity index (χ0) is 21.3. The van der Waals surface area contributed by atoms with Gasteiger partial charge in [-0.2, -0.15) is 11.3 Å². The van der Waals surface area contributed by atoms with Gasteiger partial charge in [-0.3, -0.25) is 9.59 Å². The van der Waals surface area contributed by atoms with Crippen LogP contribution in [0.5, 0.6) is 0 Å². The summed E-state index contributed by atoms with van der Waals surface area (Å²) in [5.41, 5.74) is 0.758. The summed E-state index contributed by atoms with van der Waals surface area (Å²) in [5.74, 6) is 0.359. The molecule has 3 aliphatic heterocycles. The fourth-order valence-electron chi connectivity index (χ4n) is 5.15. The number of nitrogens with zero attached hydrogens (tertiary/aromatic N) is 2. The smallest absolute Gasteiger partial charge is 0.257 e. The van der Waals surface area contributed by atoms with E-state index in [-0.39, 0.29) is 17.7 Å². The van der Waals surface area contributed by atoms with Crippen molar-refractivity contribution in [3.63, 3.8) is 0 Å². The molecule has 0 aliphatic carbocycles. The van der Waals surface area contributed by atoms with E-state index in [0.717, 1.165) is 38.2 Å². The second kappa shape index (κ2) is 8.73. The van der Waals surface area contributed by atoms with Crippen molar-refractivity contribution in [1.82, 2.24) is 9.80 Å². The first-order valence-electron chi connectivity index (χ1n) is 11.0. The van der Waals surface area contributed by atoms with E-state index in [9.17, 15) is 9.59 Å². The highest BCUT2D eigenvalue weighted by Crippen LogP contribution is 2.43. The molecule has 3 saturated heterocycles. The maximum atomic E-state index is 13.8. The van der Waals surface area contributed by atoms with E-state index in [0.29, 0.717) is 37.7 Å². The first kappa shape index (κ1) is 20.7. The molecule has 3 fully saturated rings. The minimum absolute atomic E-state index is 0.0218. The average molecular weight is 441 g/mol. The first-order valence-corrected chi connectivity index (χ1v) is 12.0. The van der Waals surface area contributed by atoms with Gasteiger partial charge in [-0.25, -0.2) is 0 Å².